The van der Waals surface area contributed by atoms with Crippen molar-refractivity contribution in [3.05, 3.63) is 47.8 Å². The molecular formula is C32H36F4N2O8S. The third kappa shape index (κ3) is 6.63. The van der Waals surface area contributed by atoms with E-state index in [9.17, 15) is 41.1 Å². The highest BCUT2D eigenvalue weighted by atomic mass is 32.2. The highest BCUT2D eigenvalue weighted by Crippen LogP contribution is 2.49. The topological polar surface area (TPSA) is 148 Å². The highest BCUT2D eigenvalue weighted by molar-refractivity contribution is 7.92. The van der Waals surface area contributed by atoms with E-state index in [0.717, 1.165) is 30.7 Å². The van der Waals surface area contributed by atoms with E-state index in [2.05, 4.69) is 10.6 Å². The summed E-state index contributed by atoms with van der Waals surface area (Å²) in [6, 6.07) is 5.46. The SMILES string of the molecule is CC[C@]1(C(=O)O)CC[C@@H](Oc2cc(C(=O)N[C@@H]3[C@@H]4CC[C@@H](C4)[C@@H]3C(=O)Nc3cccc(S(=O)(=O)C(F)(F)F)c3)c(OC)cc2F)CC1. The molecule has 0 unspecified atom stereocenters. The Morgan fingerprint density at radius 3 is 2.32 bits per heavy atom. The van der Waals surface area contributed by atoms with Crippen LogP contribution >= 0.6 is 0 Å². The third-order valence-electron chi connectivity index (χ3n) is 10.0. The van der Waals surface area contributed by atoms with E-state index in [1.807, 2.05) is 6.92 Å². The summed E-state index contributed by atoms with van der Waals surface area (Å²) in [7, 11) is -4.36. The molecular weight excluding hydrogens is 648 g/mol. The number of sulfone groups is 1. The van der Waals surface area contributed by atoms with Crippen LogP contribution < -0.4 is 20.1 Å². The van der Waals surface area contributed by atoms with Crippen molar-refractivity contribution in [3.63, 3.8) is 0 Å². The molecule has 2 bridgehead atoms. The summed E-state index contributed by atoms with van der Waals surface area (Å²) in [5, 5.41) is 15.1. The van der Waals surface area contributed by atoms with Crippen molar-refractivity contribution in [2.45, 2.75) is 80.8 Å². The summed E-state index contributed by atoms with van der Waals surface area (Å²) in [5.74, 6) is -4.11. The fraction of sp³-hybridized carbons (Fsp3) is 0.531. The fourth-order valence-electron chi connectivity index (χ4n) is 7.34. The van der Waals surface area contributed by atoms with Gasteiger partial charge in [0.2, 0.25) is 5.91 Å². The molecule has 2 amide bonds. The lowest BCUT2D eigenvalue weighted by Gasteiger charge is -2.36. The number of halogens is 4. The number of carbonyl (C=O) groups excluding carboxylic acids is 2. The number of rotatable bonds is 10. The van der Waals surface area contributed by atoms with Crippen molar-refractivity contribution in [3.8, 4) is 11.5 Å². The van der Waals surface area contributed by atoms with E-state index in [0.29, 0.717) is 44.9 Å². The first kappa shape index (κ1) is 34.5. The van der Waals surface area contributed by atoms with Gasteiger partial charge in [-0.15, -0.1) is 0 Å². The molecule has 0 spiro atoms. The molecule has 3 fully saturated rings. The maximum atomic E-state index is 15.1. The zero-order valence-electron chi connectivity index (χ0n) is 25.7. The smallest absolute Gasteiger partial charge is 0.496 e. The fourth-order valence-corrected chi connectivity index (χ4v) is 8.14. The lowest BCUT2D eigenvalue weighted by molar-refractivity contribution is -0.152. The molecule has 0 aromatic heterocycles. The summed E-state index contributed by atoms with van der Waals surface area (Å²) < 4.78 is 89.3. The Morgan fingerprint density at radius 1 is 1.02 bits per heavy atom. The zero-order chi connectivity index (χ0) is 34.3. The van der Waals surface area contributed by atoms with Crippen LogP contribution in [0.1, 0.15) is 68.6 Å². The first-order valence-electron chi connectivity index (χ1n) is 15.4. The summed E-state index contributed by atoms with van der Waals surface area (Å²) in [6.07, 6.45) is 3.55. The number of aliphatic carboxylic acids is 1. The van der Waals surface area contributed by atoms with Gasteiger partial charge in [-0.25, -0.2) is 12.8 Å². The van der Waals surface area contributed by atoms with Gasteiger partial charge in [-0.3, -0.25) is 14.4 Å². The van der Waals surface area contributed by atoms with E-state index in [-0.39, 0.29) is 34.6 Å². The van der Waals surface area contributed by atoms with Crippen LogP contribution in [0.25, 0.3) is 0 Å². The molecule has 15 heteroatoms. The number of ether oxygens (including phenoxy) is 2. The van der Waals surface area contributed by atoms with E-state index < -0.39 is 67.3 Å². The Balaban J connectivity index is 1.32. The number of carboxylic acids is 1. The van der Waals surface area contributed by atoms with Gasteiger partial charge in [0.05, 0.1) is 35.0 Å². The van der Waals surface area contributed by atoms with Gasteiger partial charge in [0.1, 0.15) is 5.75 Å². The average Bonchev–Trinajstić information content (AvgIpc) is 3.64. The maximum Gasteiger partial charge on any atom is 0.501 e. The number of hydrogen-bond donors (Lipinski definition) is 3. The Kier molecular flexibility index (Phi) is 9.50. The van der Waals surface area contributed by atoms with Crippen LogP contribution in [0.5, 0.6) is 11.5 Å². The molecule has 0 aliphatic heterocycles. The molecule has 2 aromatic carbocycles. The third-order valence-corrected chi connectivity index (χ3v) is 11.5. The monoisotopic (exact) mass is 684 g/mol. The lowest BCUT2D eigenvalue weighted by atomic mass is 9.71. The normalized spacial score (nSPS) is 27.2. The van der Waals surface area contributed by atoms with Gasteiger partial charge >= 0.3 is 11.5 Å². The van der Waals surface area contributed by atoms with Gasteiger partial charge in [0, 0.05) is 17.8 Å². The van der Waals surface area contributed by atoms with Crippen molar-refractivity contribution in [1.82, 2.24) is 5.32 Å². The number of hydrogen-bond acceptors (Lipinski definition) is 7. The molecule has 10 nitrogen and oxygen atoms in total. The quantitative estimate of drug-likeness (QED) is 0.270. The predicted octanol–water partition coefficient (Wildman–Crippen LogP) is 5.71. The molecule has 0 radical (unpaired) electrons. The number of amides is 2. The Hall–Kier alpha value is -3.88. The molecule has 3 N–H and O–H groups in total. The van der Waals surface area contributed by atoms with Gasteiger partial charge < -0.3 is 25.2 Å². The van der Waals surface area contributed by atoms with Crippen molar-refractivity contribution < 1.29 is 54.9 Å². The minimum atomic E-state index is -5.63. The maximum absolute atomic E-state index is 15.1. The number of alkyl halides is 3. The first-order chi connectivity index (χ1) is 22.1. The van der Waals surface area contributed by atoms with Crippen molar-refractivity contribution in [1.29, 1.82) is 0 Å². The Labute approximate surface area is 269 Å². The zero-order valence-corrected chi connectivity index (χ0v) is 26.5. The summed E-state index contributed by atoms with van der Waals surface area (Å²) in [5.41, 5.74) is -6.55. The van der Waals surface area contributed by atoms with Gasteiger partial charge in [-0.2, -0.15) is 13.2 Å². The average molecular weight is 685 g/mol. The molecule has 3 saturated carbocycles. The largest absolute Gasteiger partial charge is 0.501 e. The van der Waals surface area contributed by atoms with Crippen LogP contribution in [-0.4, -0.2) is 56.1 Å². The van der Waals surface area contributed by atoms with E-state index in [1.54, 1.807) is 0 Å². The second-order valence-corrected chi connectivity index (χ2v) is 14.5. The van der Waals surface area contributed by atoms with E-state index in [4.69, 9.17) is 9.47 Å². The van der Waals surface area contributed by atoms with E-state index >= 15 is 4.39 Å². The minimum Gasteiger partial charge on any atom is -0.496 e. The molecule has 3 aliphatic rings. The molecule has 47 heavy (non-hydrogen) atoms. The molecule has 5 rings (SSSR count). The Bertz CT molecular complexity index is 1660. The second-order valence-electron chi connectivity index (χ2n) is 12.6. The minimum absolute atomic E-state index is 0.0415. The molecule has 3 aliphatic carbocycles. The number of nitrogens with one attached hydrogen (secondary N) is 2. The number of carbonyl (C=O) groups is 3. The van der Waals surface area contributed by atoms with Crippen molar-refractivity contribution in [2.24, 2.45) is 23.2 Å². The molecule has 2 aromatic rings. The van der Waals surface area contributed by atoms with Crippen LogP contribution in [0.4, 0.5) is 23.2 Å². The summed E-state index contributed by atoms with van der Waals surface area (Å²) >= 11 is 0. The van der Waals surface area contributed by atoms with Crippen LogP contribution in [0.2, 0.25) is 0 Å². The van der Waals surface area contributed by atoms with Gasteiger partial charge in [-0.05, 0) is 87.5 Å². The summed E-state index contributed by atoms with van der Waals surface area (Å²) in [6.45, 7) is 1.82. The Morgan fingerprint density at radius 2 is 1.70 bits per heavy atom. The number of benzene rings is 2. The predicted molar refractivity (Wildman–Crippen MR) is 160 cm³/mol. The molecule has 4 atom stereocenters. The van der Waals surface area contributed by atoms with E-state index in [1.165, 1.54) is 19.2 Å². The molecule has 0 saturated heterocycles. The van der Waals surface area contributed by atoms with Crippen LogP contribution in [0.15, 0.2) is 41.3 Å². The van der Waals surface area contributed by atoms with Gasteiger partial charge in [0.15, 0.2) is 11.6 Å². The van der Waals surface area contributed by atoms with Crippen molar-refractivity contribution in [2.75, 3.05) is 12.4 Å². The highest BCUT2D eigenvalue weighted by Gasteiger charge is 2.52. The standard InChI is InChI=1S/C32H36F4N2O8S/c1-3-31(30(41)42)11-9-20(10-12-31)46-25-15-22(24(45-2)16-23(25)33)28(39)38-27-18-8-7-17(13-18)26(27)29(40)37-19-5-4-6-21(14-19)47(43,44)32(34,35)36/h4-6,14-18,20,26-27H,3,7-13H2,1-2H3,(H,37,40)(H,38,39)(H,41,42)/t17-,18+,20-,26-,27+,31+/m0/s1. The number of anilines is 1. The second kappa shape index (κ2) is 13.0. The lowest BCUT2D eigenvalue weighted by Crippen LogP contribution is -2.48. The number of carboxylic acid groups (broad SMARTS) is 1. The van der Waals surface area contributed by atoms with Crippen LogP contribution in [0, 0.1) is 29.0 Å². The first-order valence-corrected chi connectivity index (χ1v) is 16.9. The summed E-state index contributed by atoms with van der Waals surface area (Å²) in [4.78, 5) is 37.9. The molecule has 256 valence electrons. The number of methoxy groups -OCH3 is 1. The molecule has 0 heterocycles. The number of fused-ring (bicyclic) bond motifs is 2. The van der Waals surface area contributed by atoms with Crippen molar-refractivity contribution >= 4 is 33.3 Å². The van der Waals surface area contributed by atoms with Crippen LogP contribution in [0.3, 0.4) is 0 Å². The van der Waals surface area contributed by atoms with Gasteiger partial charge in [-0.1, -0.05) is 13.0 Å². The van der Waals surface area contributed by atoms with Crippen LogP contribution in [-0.2, 0) is 19.4 Å². The van der Waals surface area contributed by atoms with Gasteiger partial charge in [0.25, 0.3) is 15.7 Å².